The monoisotopic (exact) mass is 191 g/mol. The average Bonchev–Trinajstić information content (AvgIpc) is 2.74. The first kappa shape index (κ1) is 9.15. The van der Waals surface area contributed by atoms with Crippen molar-refractivity contribution >= 4 is 0 Å². The largest absolute Gasteiger partial charge is 0.496 e. The van der Waals surface area contributed by atoms with Crippen LogP contribution >= 0.6 is 0 Å². The van der Waals surface area contributed by atoms with Gasteiger partial charge in [0.05, 0.1) is 18.8 Å². The summed E-state index contributed by atoms with van der Waals surface area (Å²) in [5.41, 5.74) is 1.08. The number of likely N-dealkylation sites (N-methyl/N-ethyl adjacent to an activating group) is 1. The maximum absolute atomic E-state index is 5.51. The molecule has 14 heavy (non-hydrogen) atoms. The summed E-state index contributed by atoms with van der Waals surface area (Å²) in [5.74, 6) is 0.987. The van der Waals surface area contributed by atoms with Crippen LogP contribution in [0.2, 0.25) is 0 Å². The molecule has 0 fully saturated rings. The summed E-state index contributed by atoms with van der Waals surface area (Å²) < 4.78 is 5.51. The second kappa shape index (κ2) is 4.19. The van der Waals surface area contributed by atoms with Crippen LogP contribution in [0.3, 0.4) is 0 Å². The van der Waals surface area contributed by atoms with Gasteiger partial charge in [0, 0.05) is 12.6 Å². The fourth-order valence-electron chi connectivity index (χ4n) is 1.58. The number of hydrogen-bond acceptors (Lipinski definition) is 4. The van der Waals surface area contributed by atoms with Crippen molar-refractivity contribution in [3.63, 3.8) is 0 Å². The van der Waals surface area contributed by atoms with E-state index in [4.69, 9.17) is 4.74 Å². The molecule has 4 nitrogen and oxygen atoms in total. The van der Waals surface area contributed by atoms with Gasteiger partial charge >= 0.3 is 0 Å². The Morgan fingerprint density at radius 1 is 1.50 bits per heavy atom. The third kappa shape index (κ3) is 1.75. The zero-order valence-corrected chi connectivity index (χ0v) is 8.10. The number of rotatable bonds is 3. The highest BCUT2D eigenvalue weighted by molar-refractivity contribution is 5.22. The molecule has 4 heteroatoms. The molecule has 1 atom stereocenters. The molecule has 1 aromatic heterocycles. The van der Waals surface area contributed by atoms with Crippen LogP contribution in [0.5, 0.6) is 0 Å². The molecular weight excluding hydrogens is 178 g/mol. The van der Waals surface area contributed by atoms with Crippen molar-refractivity contribution in [2.24, 2.45) is 0 Å². The smallest absolute Gasteiger partial charge is 0.114 e. The normalized spacial score (nSPS) is 17.4. The SMILES string of the molecule is CNC(C1=CCCO1)c1ccnnc1. The second-order valence-corrected chi connectivity index (χ2v) is 3.14. The van der Waals surface area contributed by atoms with Gasteiger partial charge < -0.3 is 10.1 Å². The van der Waals surface area contributed by atoms with Gasteiger partial charge in [-0.05, 0) is 24.8 Å². The third-order valence-corrected chi connectivity index (χ3v) is 2.25. The van der Waals surface area contributed by atoms with E-state index >= 15 is 0 Å². The van der Waals surface area contributed by atoms with Crippen LogP contribution < -0.4 is 5.32 Å². The summed E-state index contributed by atoms with van der Waals surface area (Å²) in [6, 6.07) is 2.05. The van der Waals surface area contributed by atoms with Crippen molar-refractivity contribution in [3.8, 4) is 0 Å². The van der Waals surface area contributed by atoms with E-state index in [0.717, 1.165) is 24.4 Å². The summed E-state index contributed by atoms with van der Waals surface area (Å²) in [7, 11) is 1.91. The van der Waals surface area contributed by atoms with E-state index in [1.807, 2.05) is 13.1 Å². The fraction of sp³-hybridized carbons (Fsp3) is 0.400. The van der Waals surface area contributed by atoms with Crippen LogP contribution in [0.15, 0.2) is 30.3 Å². The summed E-state index contributed by atoms with van der Waals surface area (Å²) in [5, 5.41) is 10.8. The molecule has 0 saturated heterocycles. The number of nitrogens with zero attached hydrogens (tertiary/aromatic N) is 2. The van der Waals surface area contributed by atoms with Crippen molar-refractivity contribution in [3.05, 3.63) is 35.9 Å². The summed E-state index contributed by atoms with van der Waals surface area (Å²) in [4.78, 5) is 0. The van der Waals surface area contributed by atoms with Crippen molar-refractivity contribution in [2.45, 2.75) is 12.5 Å². The van der Waals surface area contributed by atoms with Gasteiger partial charge in [-0.1, -0.05) is 0 Å². The van der Waals surface area contributed by atoms with Crippen molar-refractivity contribution in [1.82, 2.24) is 15.5 Å². The Hall–Kier alpha value is -1.42. The predicted octanol–water partition coefficient (Wildman–Crippen LogP) is 1.04. The standard InChI is InChI=1S/C10H13N3O/c1-11-10(9-3-2-6-14-9)8-4-5-12-13-7-8/h3-5,7,10-11H,2,6H2,1H3. The van der Waals surface area contributed by atoms with E-state index in [1.165, 1.54) is 0 Å². The topological polar surface area (TPSA) is 47.0 Å². The maximum atomic E-state index is 5.51. The molecule has 1 unspecified atom stereocenters. The van der Waals surface area contributed by atoms with Crippen LogP contribution in [-0.4, -0.2) is 23.9 Å². The minimum Gasteiger partial charge on any atom is -0.496 e. The fourth-order valence-corrected chi connectivity index (χ4v) is 1.58. The third-order valence-electron chi connectivity index (χ3n) is 2.25. The second-order valence-electron chi connectivity index (χ2n) is 3.14. The number of aromatic nitrogens is 2. The first-order chi connectivity index (χ1) is 6.92. The van der Waals surface area contributed by atoms with Crippen LogP contribution in [0.4, 0.5) is 0 Å². The molecule has 1 N–H and O–H groups in total. The molecule has 74 valence electrons. The van der Waals surface area contributed by atoms with Gasteiger partial charge in [-0.2, -0.15) is 10.2 Å². The molecule has 0 bridgehead atoms. The van der Waals surface area contributed by atoms with E-state index in [-0.39, 0.29) is 6.04 Å². The molecule has 1 aliphatic rings. The lowest BCUT2D eigenvalue weighted by Crippen LogP contribution is -2.19. The van der Waals surface area contributed by atoms with Crippen molar-refractivity contribution in [1.29, 1.82) is 0 Å². The van der Waals surface area contributed by atoms with Gasteiger partial charge in [0.2, 0.25) is 0 Å². The van der Waals surface area contributed by atoms with Crippen LogP contribution in [-0.2, 0) is 4.74 Å². The molecule has 0 spiro atoms. The minimum atomic E-state index is 0.105. The van der Waals surface area contributed by atoms with Gasteiger partial charge in [-0.3, -0.25) is 0 Å². The Kier molecular flexibility index (Phi) is 2.74. The zero-order valence-electron chi connectivity index (χ0n) is 8.10. The predicted molar refractivity (Wildman–Crippen MR) is 52.5 cm³/mol. The van der Waals surface area contributed by atoms with E-state index in [2.05, 4.69) is 21.6 Å². The Balaban J connectivity index is 2.21. The van der Waals surface area contributed by atoms with Gasteiger partial charge in [-0.25, -0.2) is 0 Å². The van der Waals surface area contributed by atoms with Crippen LogP contribution in [0, 0.1) is 0 Å². The highest BCUT2D eigenvalue weighted by atomic mass is 16.5. The molecule has 2 heterocycles. The van der Waals surface area contributed by atoms with E-state index in [1.54, 1.807) is 12.4 Å². The molecule has 2 rings (SSSR count). The lowest BCUT2D eigenvalue weighted by molar-refractivity contribution is 0.218. The van der Waals surface area contributed by atoms with E-state index in [9.17, 15) is 0 Å². The molecule has 0 amide bonds. The number of ether oxygens (including phenoxy) is 1. The first-order valence-corrected chi connectivity index (χ1v) is 4.68. The zero-order chi connectivity index (χ0) is 9.80. The minimum absolute atomic E-state index is 0.105. The summed E-state index contributed by atoms with van der Waals surface area (Å²) in [6.45, 7) is 0.784. The molecule has 0 aliphatic carbocycles. The Morgan fingerprint density at radius 3 is 3.00 bits per heavy atom. The number of nitrogens with one attached hydrogen (secondary N) is 1. The Bertz CT molecular complexity index is 323. The summed E-state index contributed by atoms with van der Waals surface area (Å²) in [6.07, 6.45) is 6.55. The molecule has 0 radical (unpaired) electrons. The van der Waals surface area contributed by atoms with Crippen LogP contribution in [0.25, 0.3) is 0 Å². The molecule has 1 aliphatic heterocycles. The van der Waals surface area contributed by atoms with Crippen molar-refractivity contribution in [2.75, 3.05) is 13.7 Å². The van der Waals surface area contributed by atoms with Crippen LogP contribution in [0.1, 0.15) is 18.0 Å². The molecule has 0 saturated carbocycles. The van der Waals surface area contributed by atoms with Gasteiger partial charge in [0.15, 0.2) is 0 Å². The molecular formula is C10H13N3O. The van der Waals surface area contributed by atoms with Gasteiger partial charge in [-0.15, -0.1) is 0 Å². The summed E-state index contributed by atoms with van der Waals surface area (Å²) >= 11 is 0. The Morgan fingerprint density at radius 2 is 2.43 bits per heavy atom. The maximum Gasteiger partial charge on any atom is 0.114 e. The lowest BCUT2D eigenvalue weighted by Gasteiger charge is -2.16. The average molecular weight is 191 g/mol. The van der Waals surface area contributed by atoms with Gasteiger partial charge in [0.1, 0.15) is 5.76 Å². The van der Waals surface area contributed by atoms with Gasteiger partial charge in [0.25, 0.3) is 0 Å². The Labute approximate surface area is 83.0 Å². The first-order valence-electron chi connectivity index (χ1n) is 4.68. The molecule has 0 aromatic carbocycles. The highest BCUT2D eigenvalue weighted by Crippen LogP contribution is 2.24. The number of hydrogen-bond donors (Lipinski definition) is 1. The lowest BCUT2D eigenvalue weighted by atomic mass is 10.1. The van der Waals surface area contributed by atoms with Crippen molar-refractivity contribution < 1.29 is 4.74 Å². The molecule has 1 aromatic rings. The van der Waals surface area contributed by atoms with E-state index in [0.29, 0.717) is 0 Å². The highest BCUT2D eigenvalue weighted by Gasteiger charge is 2.18. The quantitative estimate of drug-likeness (QED) is 0.775. The van der Waals surface area contributed by atoms with E-state index < -0.39 is 0 Å².